The molecular formula is C12H18N4O. The van der Waals surface area contributed by atoms with Crippen molar-refractivity contribution in [1.29, 1.82) is 0 Å². The number of amides is 1. The van der Waals surface area contributed by atoms with Gasteiger partial charge in [-0.05, 0) is 18.9 Å². The zero-order chi connectivity index (χ0) is 11.9. The lowest BCUT2D eigenvalue weighted by Gasteiger charge is -2.12. The molecule has 1 amide bonds. The van der Waals surface area contributed by atoms with Gasteiger partial charge in [0.15, 0.2) is 0 Å². The van der Waals surface area contributed by atoms with Crippen LogP contribution >= 0.6 is 0 Å². The van der Waals surface area contributed by atoms with Crippen molar-refractivity contribution in [2.24, 2.45) is 0 Å². The number of carbonyl (C=O) groups excluding carboxylic acids is 1. The molecule has 1 aromatic rings. The molecule has 2 N–H and O–H groups in total. The molecule has 1 saturated carbocycles. The van der Waals surface area contributed by atoms with Crippen LogP contribution < -0.4 is 10.6 Å². The lowest BCUT2D eigenvalue weighted by atomic mass is 10.2. The maximum absolute atomic E-state index is 11.6. The van der Waals surface area contributed by atoms with Gasteiger partial charge in [0.2, 0.25) is 5.91 Å². The third-order valence-electron chi connectivity index (χ3n) is 2.96. The van der Waals surface area contributed by atoms with Crippen LogP contribution in [0, 0.1) is 0 Å². The third-order valence-corrected chi connectivity index (χ3v) is 2.96. The molecule has 1 aromatic heterocycles. The standard InChI is InChI=1S/C12H18N4O/c17-12(16-10-3-1-2-4-10)8-14-7-11-5-6-13-9-15-11/h5-6,9-10,14H,1-4,7-8H2,(H,16,17). The van der Waals surface area contributed by atoms with Gasteiger partial charge >= 0.3 is 0 Å². The zero-order valence-electron chi connectivity index (χ0n) is 9.85. The predicted octanol–water partition coefficient (Wildman–Crippen LogP) is 0.625. The number of carbonyl (C=O) groups is 1. The van der Waals surface area contributed by atoms with Crippen molar-refractivity contribution in [3.63, 3.8) is 0 Å². The van der Waals surface area contributed by atoms with Gasteiger partial charge in [-0.15, -0.1) is 0 Å². The quantitative estimate of drug-likeness (QED) is 0.784. The Hall–Kier alpha value is -1.49. The molecule has 1 aliphatic rings. The fraction of sp³-hybridized carbons (Fsp3) is 0.583. The topological polar surface area (TPSA) is 66.9 Å². The molecule has 0 bridgehead atoms. The maximum atomic E-state index is 11.6. The fourth-order valence-corrected chi connectivity index (χ4v) is 2.08. The number of hydrogen-bond donors (Lipinski definition) is 2. The minimum Gasteiger partial charge on any atom is -0.352 e. The van der Waals surface area contributed by atoms with Crippen LogP contribution in [0.15, 0.2) is 18.6 Å². The average Bonchev–Trinajstić information content (AvgIpc) is 2.83. The van der Waals surface area contributed by atoms with Crippen molar-refractivity contribution in [3.05, 3.63) is 24.3 Å². The van der Waals surface area contributed by atoms with Gasteiger partial charge in [-0.25, -0.2) is 9.97 Å². The molecule has 1 aliphatic carbocycles. The lowest BCUT2D eigenvalue weighted by molar-refractivity contribution is -0.120. The van der Waals surface area contributed by atoms with E-state index in [-0.39, 0.29) is 5.91 Å². The van der Waals surface area contributed by atoms with E-state index < -0.39 is 0 Å². The summed E-state index contributed by atoms with van der Waals surface area (Å²) in [6.07, 6.45) is 7.92. The number of nitrogens with one attached hydrogen (secondary N) is 2. The Labute approximate surface area is 101 Å². The molecule has 0 atom stereocenters. The Morgan fingerprint density at radius 1 is 1.41 bits per heavy atom. The van der Waals surface area contributed by atoms with Crippen molar-refractivity contribution in [1.82, 2.24) is 20.6 Å². The van der Waals surface area contributed by atoms with Crippen LogP contribution in [0.2, 0.25) is 0 Å². The normalized spacial score (nSPS) is 16.0. The number of aromatic nitrogens is 2. The SMILES string of the molecule is O=C(CNCc1ccncn1)NC1CCCC1. The van der Waals surface area contributed by atoms with Gasteiger partial charge in [-0.1, -0.05) is 12.8 Å². The summed E-state index contributed by atoms with van der Waals surface area (Å²) in [5.41, 5.74) is 0.897. The highest BCUT2D eigenvalue weighted by Crippen LogP contribution is 2.17. The maximum Gasteiger partial charge on any atom is 0.234 e. The van der Waals surface area contributed by atoms with Gasteiger partial charge in [-0.2, -0.15) is 0 Å². The Kier molecular flexibility index (Phi) is 4.44. The van der Waals surface area contributed by atoms with E-state index in [1.807, 2.05) is 6.07 Å². The summed E-state index contributed by atoms with van der Waals surface area (Å²) in [7, 11) is 0. The molecule has 0 saturated heterocycles. The molecule has 0 spiro atoms. The summed E-state index contributed by atoms with van der Waals surface area (Å²) in [4.78, 5) is 19.5. The molecule has 1 fully saturated rings. The molecule has 2 rings (SSSR count). The molecule has 0 aliphatic heterocycles. The molecule has 92 valence electrons. The summed E-state index contributed by atoms with van der Waals surface area (Å²) >= 11 is 0. The van der Waals surface area contributed by atoms with E-state index >= 15 is 0 Å². The van der Waals surface area contributed by atoms with Crippen molar-refractivity contribution in [2.45, 2.75) is 38.3 Å². The minimum absolute atomic E-state index is 0.0750. The van der Waals surface area contributed by atoms with Crippen LogP contribution in [0.25, 0.3) is 0 Å². The molecule has 0 radical (unpaired) electrons. The van der Waals surface area contributed by atoms with E-state index in [1.54, 1.807) is 6.20 Å². The Bertz CT molecular complexity index is 349. The summed E-state index contributed by atoms with van der Waals surface area (Å²) in [6, 6.07) is 2.23. The van der Waals surface area contributed by atoms with Gasteiger partial charge in [0.05, 0.1) is 12.2 Å². The molecule has 5 heteroatoms. The van der Waals surface area contributed by atoms with Crippen LogP contribution in [-0.4, -0.2) is 28.5 Å². The Morgan fingerprint density at radius 3 is 2.94 bits per heavy atom. The van der Waals surface area contributed by atoms with Gasteiger partial charge in [0, 0.05) is 18.8 Å². The average molecular weight is 234 g/mol. The predicted molar refractivity (Wildman–Crippen MR) is 64.1 cm³/mol. The lowest BCUT2D eigenvalue weighted by Crippen LogP contribution is -2.39. The van der Waals surface area contributed by atoms with E-state index in [2.05, 4.69) is 20.6 Å². The van der Waals surface area contributed by atoms with Gasteiger partial charge in [0.25, 0.3) is 0 Å². The molecular weight excluding hydrogens is 216 g/mol. The second kappa shape index (κ2) is 6.30. The summed E-state index contributed by atoms with van der Waals surface area (Å²) in [5, 5.41) is 6.10. The Balaban J connectivity index is 1.63. The second-order valence-corrected chi connectivity index (χ2v) is 4.35. The van der Waals surface area contributed by atoms with Gasteiger partial charge < -0.3 is 10.6 Å². The first kappa shape index (κ1) is 12.0. The zero-order valence-corrected chi connectivity index (χ0v) is 9.85. The van der Waals surface area contributed by atoms with Gasteiger partial charge in [0.1, 0.15) is 6.33 Å². The molecule has 0 unspecified atom stereocenters. The van der Waals surface area contributed by atoms with E-state index in [1.165, 1.54) is 19.2 Å². The van der Waals surface area contributed by atoms with Crippen LogP contribution in [0.3, 0.4) is 0 Å². The largest absolute Gasteiger partial charge is 0.352 e. The highest BCUT2D eigenvalue weighted by Gasteiger charge is 2.16. The van der Waals surface area contributed by atoms with Crippen LogP contribution in [0.1, 0.15) is 31.4 Å². The van der Waals surface area contributed by atoms with Crippen molar-refractivity contribution in [3.8, 4) is 0 Å². The fourth-order valence-electron chi connectivity index (χ4n) is 2.08. The number of nitrogens with zero attached hydrogens (tertiary/aromatic N) is 2. The summed E-state index contributed by atoms with van der Waals surface area (Å²) < 4.78 is 0. The first-order chi connectivity index (χ1) is 8.34. The van der Waals surface area contributed by atoms with E-state index in [4.69, 9.17) is 0 Å². The number of hydrogen-bond acceptors (Lipinski definition) is 4. The molecule has 17 heavy (non-hydrogen) atoms. The highest BCUT2D eigenvalue weighted by molar-refractivity contribution is 5.78. The van der Waals surface area contributed by atoms with Crippen LogP contribution in [0.4, 0.5) is 0 Å². The van der Waals surface area contributed by atoms with Crippen LogP contribution in [-0.2, 0) is 11.3 Å². The molecule has 0 aromatic carbocycles. The number of rotatable bonds is 5. The van der Waals surface area contributed by atoms with Gasteiger partial charge in [-0.3, -0.25) is 4.79 Å². The van der Waals surface area contributed by atoms with Crippen LogP contribution in [0.5, 0.6) is 0 Å². The third kappa shape index (κ3) is 4.11. The van der Waals surface area contributed by atoms with Crippen molar-refractivity contribution < 1.29 is 4.79 Å². The van der Waals surface area contributed by atoms with E-state index in [0.717, 1.165) is 18.5 Å². The molecule has 5 nitrogen and oxygen atoms in total. The van der Waals surface area contributed by atoms with E-state index in [0.29, 0.717) is 19.1 Å². The summed E-state index contributed by atoms with van der Waals surface area (Å²) in [5.74, 6) is 0.0750. The second-order valence-electron chi connectivity index (χ2n) is 4.35. The van der Waals surface area contributed by atoms with Crippen molar-refractivity contribution in [2.75, 3.05) is 6.54 Å². The first-order valence-electron chi connectivity index (χ1n) is 6.09. The Morgan fingerprint density at radius 2 is 2.24 bits per heavy atom. The highest BCUT2D eigenvalue weighted by atomic mass is 16.1. The smallest absolute Gasteiger partial charge is 0.234 e. The van der Waals surface area contributed by atoms with Crippen molar-refractivity contribution >= 4 is 5.91 Å². The first-order valence-corrected chi connectivity index (χ1v) is 6.09. The minimum atomic E-state index is 0.0750. The summed E-state index contributed by atoms with van der Waals surface area (Å²) in [6.45, 7) is 0.946. The monoisotopic (exact) mass is 234 g/mol. The molecule has 1 heterocycles. The van der Waals surface area contributed by atoms with E-state index in [9.17, 15) is 4.79 Å².